The highest BCUT2D eigenvalue weighted by atomic mass is 28.4. The molecule has 0 aromatic rings. The molecule has 0 rings (SSSR count). The molecule has 0 bridgehead atoms. The van der Waals surface area contributed by atoms with E-state index in [-0.39, 0.29) is 6.10 Å². The van der Waals surface area contributed by atoms with E-state index in [0.717, 1.165) is 25.7 Å². The first-order valence-corrected chi connectivity index (χ1v) is 6.09. The Morgan fingerprint density at radius 2 is 1.50 bits per heavy atom. The fraction of sp³-hybridized carbons (Fsp3) is 1.00. The van der Waals surface area contributed by atoms with Crippen LogP contribution < -0.4 is 0 Å². The molecule has 0 radical (unpaired) electrons. The van der Waals surface area contributed by atoms with Gasteiger partial charge in [0.1, 0.15) is 0 Å². The maximum absolute atomic E-state index is 8.67. The van der Waals surface area contributed by atoms with Crippen molar-refractivity contribution >= 4 is 9.05 Å². The first kappa shape index (κ1) is 12.1. The Balaban J connectivity index is 3.77. The van der Waals surface area contributed by atoms with Gasteiger partial charge in [0.05, 0.1) is 6.10 Å². The second-order valence-corrected chi connectivity index (χ2v) is 4.27. The Kier molecular flexibility index (Phi) is 5.69. The summed E-state index contributed by atoms with van der Waals surface area (Å²) in [6.45, 7) is 3.97. The molecule has 0 atom stereocenters. The van der Waals surface area contributed by atoms with E-state index >= 15 is 0 Å². The molecule has 0 saturated heterocycles. The van der Waals surface area contributed by atoms with Gasteiger partial charge in [0.2, 0.25) is 0 Å². The van der Waals surface area contributed by atoms with Gasteiger partial charge in [0.25, 0.3) is 0 Å². The topological polar surface area (TPSA) is 69.9 Å². The van der Waals surface area contributed by atoms with Gasteiger partial charge in [-0.15, -0.1) is 0 Å². The standard InChI is InChI=1S/C7H18O4Si/c1-3-5-7(6-4-2)11-12(8,9)10/h7-10H,3-6H2,1-2H3. The van der Waals surface area contributed by atoms with E-state index in [4.69, 9.17) is 18.8 Å². The van der Waals surface area contributed by atoms with E-state index in [0.29, 0.717) is 0 Å². The summed E-state index contributed by atoms with van der Waals surface area (Å²) < 4.78 is 4.72. The molecule has 4 nitrogen and oxygen atoms in total. The van der Waals surface area contributed by atoms with Crippen molar-refractivity contribution in [2.24, 2.45) is 0 Å². The van der Waals surface area contributed by atoms with Gasteiger partial charge in [-0.3, -0.25) is 0 Å². The molecule has 0 heterocycles. The van der Waals surface area contributed by atoms with E-state index in [1.165, 1.54) is 0 Å². The summed E-state index contributed by atoms with van der Waals surface area (Å²) in [4.78, 5) is 26.0. The lowest BCUT2D eigenvalue weighted by molar-refractivity contribution is 0.0159. The van der Waals surface area contributed by atoms with Crippen molar-refractivity contribution in [1.29, 1.82) is 0 Å². The van der Waals surface area contributed by atoms with Crippen LogP contribution in [0.1, 0.15) is 39.5 Å². The molecule has 0 aromatic heterocycles. The third kappa shape index (κ3) is 6.75. The Hall–Kier alpha value is 0.0569. The Bertz CT molecular complexity index is 106. The molecule has 0 aromatic carbocycles. The van der Waals surface area contributed by atoms with Crippen molar-refractivity contribution in [2.45, 2.75) is 45.6 Å². The summed E-state index contributed by atoms with van der Waals surface area (Å²) in [5.41, 5.74) is 0. The van der Waals surface area contributed by atoms with Gasteiger partial charge in [-0.05, 0) is 12.8 Å². The number of hydrogen-bond donors (Lipinski definition) is 3. The molecule has 3 N–H and O–H groups in total. The summed E-state index contributed by atoms with van der Waals surface area (Å²) in [5.74, 6) is 0. The smallest absolute Gasteiger partial charge is 0.368 e. The second kappa shape index (κ2) is 5.66. The lowest BCUT2D eigenvalue weighted by Gasteiger charge is -2.19. The van der Waals surface area contributed by atoms with Crippen LogP contribution in [0.2, 0.25) is 0 Å². The van der Waals surface area contributed by atoms with Gasteiger partial charge in [0.15, 0.2) is 0 Å². The van der Waals surface area contributed by atoms with Gasteiger partial charge in [0, 0.05) is 0 Å². The maximum Gasteiger partial charge on any atom is 0.671 e. The maximum atomic E-state index is 8.67. The molecule has 0 unspecified atom stereocenters. The monoisotopic (exact) mass is 194 g/mol. The highest BCUT2D eigenvalue weighted by Gasteiger charge is 2.33. The number of rotatable bonds is 6. The van der Waals surface area contributed by atoms with Crippen LogP contribution in [0.25, 0.3) is 0 Å². The molecule has 74 valence electrons. The van der Waals surface area contributed by atoms with E-state index in [2.05, 4.69) is 0 Å². The summed E-state index contributed by atoms with van der Waals surface area (Å²) in [5, 5.41) is 0. The highest BCUT2D eigenvalue weighted by molar-refractivity contribution is 6.48. The van der Waals surface area contributed by atoms with Crippen LogP contribution >= 0.6 is 0 Å². The minimum absolute atomic E-state index is 0.216. The second-order valence-electron chi connectivity index (χ2n) is 2.89. The van der Waals surface area contributed by atoms with Gasteiger partial charge in [-0.1, -0.05) is 26.7 Å². The van der Waals surface area contributed by atoms with E-state index in [1.54, 1.807) is 0 Å². The minimum atomic E-state index is -4.29. The SMILES string of the molecule is CCCC(CCC)O[Si](O)(O)O. The normalized spacial score (nSPS) is 12.5. The minimum Gasteiger partial charge on any atom is -0.368 e. The predicted octanol–water partition coefficient (Wildman–Crippen LogP) is 0.384. The van der Waals surface area contributed by atoms with Gasteiger partial charge >= 0.3 is 9.05 Å². The Morgan fingerprint density at radius 1 is 1.08 bits per heavy atom. The summed E-state index contributed by atoms with van der Waals surface area (Å²) in [6.07, 6.45) is 3.12. The Morgan fingerprint density at radius 3 is 1.75 bits per heavy atom. The van der Waals surface area contributed by atoms with Crippen molar-refractivity contribution < 1.29 is 18.8 Å². The molecule has 0 aliphatic carbocycles. The highest BCUT2D eigenvalue weighted by Crippen LogP contribution is 2.11. The van der Waals surface area contributed by atoms with Crippen LogP contribution in [0.3, 0.4) is 0 Å². The van der Waals surface area contributed by atoms with Crippen molar-refractivity contribution in [3.63, 3.8) is 0 Å². The van der Waals surface area contributed by atoms with Crippen LogP contribution in [-0.4, -0.2) is 29.5 Å². The molecule has 12 heavy (non-hydrogen) atoms. The van der Waals surface area contributed by atoms with Crippen molar-refractivity contribution in [1.82, 2.24) is 0 Å². The van der Waals surface area contributed by atoms with Crippen molar-refractivity contribution in [3.05, 3.63) is 0 Å². The zero-order chi connectivity index (χ0) is 9.61. The molecule has 0 spiro atoms. The van der Waals surface area contributed by atoms with Gasteiger partial charge < -0.3 is 18.8 Å². The van der Waals surface area contributed by atoms with Gasteiger partial charge in [-0.25, -0.2) is 0 Å². The molecule has 0 aliphatic rings. The van der Waals surface area contributed by atoms with Crippen LogP contribution in [0, 0.1) is 0 Å². The quantitative estimate of drug-likeness (QED) is 0.535. The Labute approximate surface area is 74.3 Å². The largest absolute Gasteiger partial charge is 0.671 e. The fourth-order valence-electron chi connectivity index (χ4n) is 1.13. The predicted molar refractivity (Wildman–Crippen MR) is 47.1 cm³/mol. The molecule has 0 amide bonds. The number of hydrogen-bond acceptors (Lipinski definition) is 4. The van der Waals surface area contributed by atoms with E-state index in [1.807, 2.05) is 13.8 Å². The first-order chi connectivity index (χ1) is 5.49. The summed E-state index contributed by atoms with van der Waals surface area (Å²) in [6, 6.07) is 0. The molecule has 0 aliphatic heterocycles. The third-order valence-electron chi connectivity index (χ3n) is 1.55. The van der Waals surface area contributed by atoms with Crippen LogP contribution in [0.5, 0.6) is 0 Å². The zero-order valence-electron chi connectivity index (χ0n) is 7.66. The molecular weight excluding hydrogens is 176 g/mol. The lowest BCUT2D eigenvalue weighted by atomic mass is 10.1. The molecule has 0 saturated carbocycles. The average molecular weight is 194 g/mol. The van der Waals surface area contributed by atoms with Crippen LogP contribution in [-0.2, 0) is 4.43 Å². The van der Waals surface area contributed by atoms with Crippen LogP contribution in [0.15, 0.2) is 0 Å². The average Bonchev–Trinajstić information content (AvgIpc) is 1.84. The summed E-state index contributed by atoms with van der Waals surface area (Å²) in [7, 11) is -4.29. The lowest BCUT2D eigenvalue weighted by Crippen LogP contribution is -2.42. The fourth-order valence-corrected chi connectivity index (χ4v) is 1.81. The molecule has 0 fully saturated rings. The van der Waals surface area contributed by atoms with Crippen molar-refractivity contribution in [3.8, 4) is 0 Å². The van der Waals surface area contributed by atoms with Crippen LogP contribution in [0.4, 0.5) is 0 Å². The summed E-state index contributed by atoms with van der Waals surface area (Å²) >= 11 is 0. The van der Waals surface area contributed by atoms with Gasteiger partial charge in [-0.2, -0.15) is 0 Å². The zero-order valence-corrected chi connectivity index (χ0v) is 8.66. The molecular formula is C7H18O4Si. The van der Waals surface area contributed by atoms with Crippen molar-refractivity contribution in [2.75, 3.05) is 0 Å². The van der Waals surface area contributed by atoms with E-state index in [9.17, 15) is 0 Å². The third-order valence-corrected chi connectivity index (χ3v) is 2.20. The first-order valence-electron chi connectivity index (χ1n) is 4.34. The van der Waals surface area contributed by atoms with E-state index < -0.39 is 9.05 Å². The molecule has 5 heteroatoms.